The van der Waals surface area contributed by atoms with Crippen LogP contribution in [-0.4, -0.2) is 37.2 Å². The van der Waals surface area contributed by atoms with E-state index in [4.69, 9.17) is 14.2 Å². The van der Waals surface area contributed by atoms with Crippen molar-refractivity contribution in [3.63, 3.8) is 0 Å². The van der Waals surface area contributed by atoms with Crippen molar-refractivity contribution in [3.8, 4) is 0 Å². The summed E-state index contributed by atoms with van der Waals surface area (Å²) in [6.45, 7) is 13.8. The number of ether oxygens (including phenoxy) is 3. The largest absolute Gasteiger partial charge is 0.462 e. The first-order valence-electron chi connectivity index (χ1n) is 31.1. The summed E-state index contributed by atoms with van der Waals surface area (Å²) in [6, 6.07) is 0. The summed E-state index contributed by atoms with van der Waals surface area (Å²) >= 11 is 0. The maximum Gasteiger partial charge on any atom is 0.306 e. The van der Waals surface area contributed by atoms with Crippen LogP contribution in [-0.2, 0) is 28.6 Å². The Bertz CT molecular complexity index is 1070. The second kappa shape index (κ2) is 54.2. The van der Waals surface area contributed by atoms with Crippen LogP contribution < -0.4 is 0 Å². The van der Waals surface area contributed by atoms with Crippen molar-refractivity contribution in [2.75, 3.05) is 13.2 Å². The van der Waals surface area contributed by atoms with Gasteiger partial charge in [0.25, 0.3) is 0 Å². The number of carbonyl (C=O) groups excluding carboxylic acids is 3. The van der Waals surface area contributed by atoms with Gasteiger partial charge in [-0.2, -0.15) is 0 Å². The summed E-state index contributed by atoms with van der Waals surface area (Å²) in [6.07, 6.45) is 58.2. The van der Waals surface area contributed by atoms with Gasteiger partial charge in [-0.25, -0.2) is 0 Å². The molecule has 0 aliphatic heterocycles. The van der Waals surface area contributed by atoms with Gasteiger partial charge in [0.15, 0.2) is 6.10 Å². The van der Waals surface area contributed by atoms with Crippen molar-refractivity contribution in [1.29, 1.82) is 0 Å². The zero-order valence-corrected chi connectivity index (χ0v) is 47.6. The Hall–Kier alpha value is -1.59. The molecule has 0 heterocycles. The number of carbonyl (C=O) groups is 3. The maximum atomic E-state index is 12.9. The Morgan fingerprint density at radius 3 is 0.623 bits per heavy atom. The highest BCUT2D eigenvalue weighted by molar-refractivity contribution is 5.71. The lowest BCUT2D eigenvalue weighted by atomic mass is 10.0. The quantitative estimate of drug-likeness (QED) is 0.0343. The molecule has 0 bridgehead atoms. The molecule has 0 radical (unpaired) electrons. The Labute approximate surface area is 431 Å². The van der Waals surface area contributed by atoms with Gasteiger partial charge in [0.1, 0.15) is 13.2 Å². The number of unbranched alkanes of at least 4 members (excludes halogenated alkanes) is 39. The van der Waals surface area contributed by atoms with E-state index >= 15 is 0 Å². The molecule has 6 nitrogen and oxygen atoms in total. The van der Waals surface area contributed by atoms with Crippen LogP contribution in [0.3, 0.4) is 0 Å². The number of hydrogen-bond donors (Lipinski definition) is 0. The predicted octanol–water partition coefficient (Wildman–Crippen LogP) is 20.7. The molecule has 0 fully saturated rings. The molecule has 6 heteroatoms. The van der Waals surface area contributed by atoms with E-state index in [0.29, 0.717) is 19.3 Å². The second-order valence-corrected chi connectivity index (χ2v) is 23.1. The van der Waals surface area contributed by atoms with E-state index in [1.165, 1.54) is 231 Å². The van der Waals surface area contributed by atoms with Gasteiger partial charge in [-0.3, -0.25) is 14.4 Å². The molecule has 0 unspecified atom stereocenters. The third kappa shape index (κ3) is 57.2. The van der Waals surface area contributed by atoms with Crippen LogP contribution in [0.1, 0.15) is 350 Å². The summed E-state index contributed by atoms with van der Waals surface area (Å²) in [5, 5.41) is 0. The topological polar surface area (TPSA) is 78.9 Å². The Morgan fingerprint density at radius 1 is 0.246 bits per heavy atom. The van der Waals surface area contributed by atoms with Crippen molar-refractivity contribution in [1.82, 2.24) is 0 Å². The van der Waals surface area contributed by atoms with E-state index in [-0.39, 0.29) is 31.1 Å². The van der Waals surface area contributed by atoms with Gasteiger partial charge < -0.3 is 14.2 Å². The molecular weight excluding hydrogens is 853 g/mol. The van der Waals surface area contributed by atoms with Gasteiger partial charge in [0, 0.05) is 19.3 Å². The Balaban J connectivity index is 4.25. The van der Waals surface area contributed by atoms with Gasteiger partial charge in [-0.1, -0.05) is 311 Å². The molecular formula is C63H122O6. The first kappa shape index (κ1) is 67.4. The standard InChI is InChI=1S/C63H122O6/c1-57(2)49-43-37-31-25-19-14-11-9-7-8-10-12-16-22-28-34-40-46-52-61(64)67-55-60(69-63(66)54-48-42-36-30-24-18-21-27-33-39-45-51-59(5)6)56-68-62(65)53-47-41-35-29-23-17-13-15-20-26-32-38-44-50-58(3)4/h57-60H,7-56H2,1-6H3/t60-/m0/s1. The van der Waals surface area contributed by atoms with Gasteiger partial charge in [0.2, 0.25) is 0 Å². The summed E-state index contributed by atoms with van der Waals surface area (Å²) in [7, 11) is 0. The minimum atomic E-state index is -0.764. The predicted molar refractivity (Wildman–Crippen MR) is 298 cm³/mol. The number of esters is 3. The third-order valence-electron chi connectivity index (χ3n) is 14.4. The SMILES string of the molecule is CC(C)CCCCCCCCCCCCCCCCCCCCC(=O)OC[C@@H](COC(=O)CCCCCCCCCCCCCCCC(C)C)OC(=O)CCCCCCCCCCCCCC(C)C. The van der Waals surface area contributed by atoms with Crippen molar-refractivity contribution < 1.29 is 28.6 Å². The summed E-state index contributed by atoms with van der Waals surface area (Å²) in [5.74, 6) is 1.68. The van der Waals surface area contributed by atoms with Crippen molar-refractivity contribution in [2.24, 2.45) is 17.8 Å². The smallest absolute Gasteiger partial charge is 0.306 e. The van der Waals surface area contributed by atoms with Crippen LogP contribution in [0.5, 0.6) is 0 Å². The fraction of sp³-hybridized carbons (Fsp3) is 0.952. The molecule has 0 aliphatic rings. The van der Waals surface area contributed by atoms with Crippen molar-refractivity contribution >= 4 is 17.9 Å². The molecule has 69 heavy (non-hydrogen) atoms. The van der Waals surface area contributed by atoms with E-state index < -0.39 is 6.10 Å². The van der Waals surface area contributed by atoms with Crippen LogP contribution in [0.25, 0.3) is 0 Å². The van der Waals surface area contributed by atoms with Crippen LogP contribution >= 0.6 is 0 Å². The molecule has 0 spiro atoms. The van der Waals surface area contributed by atoms with Crippen molar-refractivity contribution in [3.05, 3.63) is 0 Å². The normalized spacial score (nSPS) is 12.1. The molecule has 1 atom stereocenters. The monoisotopic (exact) mass is 975 g/mol. The molecule has 0 aromatic carbocycles. The van der Waals surface area contributed by atoms with E-state index in [1.807, 2.05) is 0 Å². The number of hydrogen-bond acceptors (Lipinski definition) is 6. The number of rotatable bonds is 56. The maximum absolute atomic E-state index is 12.9. The fourth-order valence-corrected chi connectivity index (χ4v) is 9.71. The zero-order chi connectivity index (χ0) is 50.5. The molecule has 0 rings (SSSR count). The van der Waals surface area contributed by atoms with Gasteiger partial charge in [-0.15, -0.1) is 0 Å². The summed E-state index contributed by atoms with van der Waals surface area (Å²) < 4.78 is 16.9. The molecule has 0 saturated heterocycles. The Morgan fingerprint density at radius 2 is 0.420 bits per heavy atom. The van der Waals surface area contributed by atoms with Gasteiger partial charge >= 0.3 is 17.9 Å². The molecule has 0 aromatic rings. The summed E-state index contributed by atoms with van der Waals surface area (Å²) in [4.78, 5) is 38.2. The highest BCUT2D eigenvalue weighted by atomic mass is 16.6. The fourth-order valence-electron chi connectivity index (χ4n) is 9.71. The zero-order valence-electron chi connectivity index (χ0n) is 47.6. The van der Waals surface area contributed by atoms with E-state index in [1.54, 1.807) is 0 Å². The average molecular weight is 976 g/mol. The average Bonchev–Trinajstić information content (AvgIpc) is 3.31. The first-order chi connectivity index (χ1) is 33.6. The molecule has 0 saturated carbocycles. The highest BCUT2D eigenvalue weighted by Gasteiger charge is 2.19. The van der Waals surface area contributed by atoms with Crippen LogP contribution in [0.4, 0.5) is 0 Å². The minimum absolute atomic E-state index is 0.0629. The van der Waals surface area contributed by atoms with E-state index in [2.05, 4.69) is 41.5 Å². The van der Waals surface area contributed by atoms with E-state index in [9.17, 15) is 14.4 Å². The molecule has 0 amide bonds. The van der Waals surface area contributed by atoms with Crippen molar-refractivity contribution in [2.45, 2.75) is 356 Å². The molecule has 0 aliphatic carbocycles. The van der Waals surface area contributed by atoms with Crippen LogP contribution in [0, 0.1) is 17.8 Å². The lowest BCUT2D eigenvalue weighted by Gasteiger charge is -2.18. The highest BCUT2D eigenvalue weighted by Crippen LogP contribution is 2.19. The molecule has 0 aromatic heterocycles. The van der Waals surface area contributed by atoms with Crippen LogP contribution in [0.2, 0.25) is 0 Å². The summed E-state index contributed by atoms with van der Waals surface area (Å²) in [5.41, 5.74) is 0. The lowest BCUT2D eigenvalue weighted by molar-refractivity contribution is -0.167. The first-order valence-corrected chi connectivity index (χ1v) is 31.1. The van der Waals surface area contributed by atoms with Gasteiger partial charge in [-0.05, 0) is 37.0 Å². The van der Waals surface area contributed by atoms with Crippen LogP contribution in [0.15, 0.2) is 0 Å². The third-order valence-corrected chi connectivity index (χ3v) is 14.4. The second-order valence-electron chi connectivity index (χ2n) is 23.1. The van der Waals surface area contributed by atoms with Gasteiger partial charge in [0.05, 0.1) is 0 Å². The minimum Gasteiger partial charge on any atom is -0.462 e. The Kier molecular flexibility index (Phi) is 52.9. The molecule has 410 valence electrons. The lowest BCUT2D eigenvalue weighted by Crippen LogP contribution is -2.30. The molecule has 0 N–H and O–H groups in total. The van der Waals surface area contributed by atoms with E-state index in [0.717, 1.165) is 75.5 Å².